The first-order chi connectivity index (χ1) is 17.9. The van der Waals surface area contributed by atoms with Crippen LogP contribution in [-0.2, 0) is 14.4 Å². The molecule has 0 aliphatic heterocycles. The molecule has 1 unspecified atom stereocenters. The molecule has 1 atom stereocenters. The monoisotopic (exact) mass is 549 g/mol. The number of halogens is 1. The smallest absolute Gasteiger partial charge is 0.328 e. The Morgan fingerprint density at radius 3 is 2.46 bits per heavy atom. The van der Waals surface area contributed by atoms with Crippen LogP contribution in [-0.4, -0.2) is 27.9 Å². The van der Waals surface area contributed by atoms with Gasteiger partial charge in [0.05, 0.1) is 5.69 Å². The van der Waals surface area contributed by atoms with Crippen molar-refractivity contribution in [2.24, 2.45) is 0 Å². The van der Waals surface area contributed by atoms with E-state index >= 15 is 0 Å². The Balaban J connectivity index is 1.53. The zero-order chi connectivity index (χ0) is 26.2. The van der Waals surface area contributed by atoms with Crippen molar-refractivity contribution in [1.82, 2.24) is 4.98 Å². The third-order valence-electron chi connectivity index (χ3n) is 4.96. The highest BCUT2D eigenvalue weighted by Crippen LogP contribution is 2.38. The summed E-state index contributed by atoms with van der Waals surface area (Å²) in [7, 11) is 0. The Morgan fingerprint density at radius 1 is 0.946 bits per heavy atom. The van der Waals surface area contributed by atoms with Gasteiger partial charge in [0, 0.05) is 38.7 Å². The van der Waals surface area contributed by atoms with E-state index in [1.807, 2.05) is 60.0 Å². The van der Waals surface area contributed by atoms with Crippen molar-refractivity contribution in [2.75, 3.05) is 10.6 Å². The number of nitrogens with zero attached hydrogens (tertiary/aromatic N) is 1. The van der Waals surface area contributed by atoms with Crippen molar-refractivity contribution in [3.63, 3.8) is 0 Å². The number of nitrogens with one attached hydrogen (secondary N) is 2. The maximum absolute atomic E-state index is 13.4. The fraction of sp³-hybridized carbons (Fsp3) is 0.0370. The number of carboxylic acids is 1. The second-order valence-electron chi connectivity index (χ2n) is 7.60. The van der Waals surface area contributed by atoms with Gasteiger partial charge in [0.1, 0.15) is 5.25 Å². The largest absolute Gasteiger partial charge is 0.478 e. The lowest BCUT2D eigenvalue weighted by Crippen LogP contribution is -2.19. The van der Waals surface area contributed by atoms with E-state index in [4.69, 9.17) is 16.7 Å². The van der Waals surface area contributed by atoms with Crippen LogP contribution in [0, 0.1) is 0 Å². The molecule has 4 aromatic rings. The van der Waals surface area contributed by atoms with E-state index in [0.717, 1.165) is 28.2 Å². The van der Waals surface area contributed by atoms with Crippen molar-refractivity contribution in [1.29, 1.82) is 0 Å². The van der Waals surface area contributed by atoms with Gasteiger partial charge in [-0.25, -0.2) is 9.78 Å². The standard InChI is InChI=1S/C27H20ClN3O4S2/c28-21-12-5-4-11-20(21)22-16-36-27(30-22)31-26(35)25(17-7-2-1-3-8-17)37-19-10-6-9-18(15-19)29-23(32)13-14-24(33)34/h1-16,25H,(H,29,32)(H,33,34)(H,30,31,35)/b14-13+. The number of hydrogen-bond donors (Lipinski definition) is 3. The SMILES string of the molecule is O=C(O)/C=C/C(=O)Nc1cccc(SC(C(=O)Nc2nc(-c3ccccc3Cl)cs2)c2ccccc2)c1. The van der Waals surface area contributed by atoms with Crippen LogP contribution >= 0.6 is 34.7 Å². The number of carbonyl (C=O) groups is 3. The topological polar surface area (TPSA) is 108 Å². The fourth-order valence-electron chi connectivity index (χ4n) is 3.31. The second kappa shape index (κ2) is 12.4. The molecule has 10 heteroatoms. The van der Waals surface area contributed by atoms with Crippen LogP contribution in [0.2, 0.25) is 5.02 Å². The zero-order valence-corrected chi connectivity index (χ0v) is 21.5. The Kier molecular flexibility index (Phi) is 8.73. The fourth-order valence-corrected chi connectivity index (χ4v) is 5.34. The molecular formula is C27H20ClN3O4S2. The summed E-state index contributed by atoms with van der Waals surface area (Å²) in [6, 6.07) is 23.7. The molecule has 0 bridgehead atoms. The molecule has 186 valence electrons. The lowest BCUT2D eigenvalue weighted by molar-refractivity contribution is -0.131. The first-order valence-electron chi connectivity index (χ1n) is 10.9. The third kappa shape index (κ3) is 7.29. The number of anilines is 2. The van der Waals surface area contributed by atoms with Gasteiger partial charge in [-0.3, -0.25) is 9.59 Å². The van der Waals surface area contributed by atoms with Gasteiger partial charge in [-0.05, 0) is 29.8 Å². The summed E-state index contributed by atoms with van der Waals surface area (Å²) in [4.78, 5) is 41.3. The summed E-state index contributed by atoms with van der Waals surface area (Å²) in [5.74, 6) is -2.04. The Morgan fingerprint density at radius 2 is 1.70 bits per heavy atom. The zero-order valence-electron chi connectivity index (χ0n) is 19.1. The molecular weight excluding hydrogens is 530 g/mol. The summed E-state index contributed by atoms with van der Waals surface area (Å²) in [5, 5.41) is 16.5. The van der Waals surface area contributed by atoms with E-state index < -0.39 is 17.1 Å². The van der Waals surface area contributed by atoms with Gasteiger partial charge >= 0.3 is 5.97 Å². The number of aromatic nitrogens is 1. The lowest BCUT2D eigenvalue weighted by Gasteiger charge is -2.17. The first-order valence-corrected chi connectivity index (χ1v) is 13.1. The van der Waals surface area contributed by atoms with Crippen LogP contribution in [0.5, 0.6) is 0 Å². The number of thiazole rings is 1. The molecule has 1 aromatic heterocycles. The maximum atomic E-state index is 13.4. The van der Waals surface area contributed by atoms with Crippen LogP contribution in [0.3, 0.4) is 0 Å². The molecule has 0 aliphatic rings. The summed E-state index contributed by atoms with van der Waals surface area (Å²) in [6.07, 6.45) is 1.70. The van der Waals surface area contributed by atoms with Crippen LogP contribution < -0.4 is 10.6 Å². The second-order valence-corrected chi connectivity index (χ2v) is 10.0. The van der Waals surface area contributed by atoms with Gasteiger partial charge in [0.2, 0.25) is 11.8 Å². The number of carbonyl (C=O) groups excluding carboxylic acids is 2. The number of hydrogen-bond acceptors (Lipinski definition) is 6. The Bertz CT molecular complexity index is 1460. The number of aliphatic carboxylic acids is 1. The molecule has 0 aliphatic carbocycles. The van der Waals surface area contributed by atoms with Crippen molar-refractivity contribution in [2.45, 2.75) is 10.1 Å². The van der Waals surface area contributed by atoms with E-state index in [1.165, 1.54) is 23.1 Å². The van der Waals surface area contributed by atoms with Crippen molar-refractivity contribution in [3.8, 4) is 11.3 Å². The summed E-state index contributed by atoms with van der Waals surface area (Å²) >= 11 is 8.91. The number of thioether (sulfide) groups is 1. The quantitative estimate of drug-likeness (QED) is 0.162. The van der Waals surface area contributed by atoms with Crippen molar-refractivity contribution >= 4 is 63.3 Å². The molecule has 3 aromatic carbocycles. The van der Waals surface area contributed by atoms with E-state index in [-0.39, 0.29) is 5.91 Å². The van der Waals surface area contributed by atoms with Gasteiger partial charge < -0.3 is 15.7 Å². The number of rotatable bonds is 9. The predicted molar refractivity (Wildman–Crippen MR) is 148 cm³/mol. The summed E-state index contributed by atoms with van der Waals surface area (Å²) in [5.41, 5.74) is 2.73. The molecule has 1 heterocycles. The summed E-state index contributed by atoms with van der Waals surface area (Å²) in [6.45, 7) is 0. The van der Waals surface area contributed by atoms with Gasteiger partial charge in [0.15, 0.2) is 5.13 Å². The molecule has 0 spiro atoms. The number of carboxylic acid groups (broad SMARTS) is 1. The van der Waals surface area contributed by atoms with Gasteiger partial charge in [-0.1, -0.05) is 66.2 Å². The van der Waals surface area contributed by atoms with Crippen molar-refractivity contribution < 1.29 is 19.5 Å². The minimum atomic E-state index is -1.21. The van der Waals surface area contributed by atoms with Gasteiger partial charge in [-0.15, -0.1) is 23.1 Å². The van der Waals surface area contributed by atoms with Crippen molar-refractivity contribution in [3.05, 3.63) is 107 Å². The molecule has 0 fully saturated rings. The minimum Gasteiger partial charge on any atom is -0.478 e. The molecule has 0 saturated heterocycles. The van der Waals surface area contributed by atoms with Crippen LogP contribution in [0.1, 0.15) is 10.8 Å². The number of amides is 2. The first kappa shape index (κ1) is 26.2. The van der Waals surface area contributed by atoms with Crippen LogP contribution in [0.4, 0.5) is 10.8 Å². The minimum absolute atomic E-state index is 0.255. The third-order valence-corrected chi connectivity index (χ3v) is 7.29. The molecule has 7 nitrogen and oxygen atoms in total. The molecule has 0 saturated carbocycles. The summed E-state index contributed by atoms with van der Waals surface area (Å²) < 4.78 is 0. The normalized spacial score (nSPS) is 11.7. The lowest BCUT2D eigenvalue weighted by atomic mass is 10.1. The highest BCUT2D eigenvalue weighted by atomic mass is 35.5. The molecule has 3 N–H and O–H groups in total. The van der Waals surface area contributed by atoms with E-state index in [1.54, 1.807) is 24.3 Å². The average Bonchev–Trinajstić information content (AvgIpc) is 3.35. The predicted octanol–water partition coefficient (Wildman–Crippen LogP) is 6.51. The number of benzene rings is 3. The molecule has 0 radical (unpaired) electrons. The highest BCUT2D eigenvalue weighted by Gasteiger charge is 2.23. The molecule has 2 amide bonds. The van der Waals surface area contributed by atoms with E-state index in [2.05, 4.69) is 15.6 Å². The van der Waals surface area contributed by atoms with Crippen LogP contribution in [0.15, 0.2) is 101 Å². The average molecular weight is 550 g/mol. The van der Waals surface area contributed by atoms with E-state index in [9.17, 15) is 14.4 Å². The maximum Gasteiger partial charge on any atom is 0.328 e. The Labute approximate surface area is 226 Å². The molecule has 4 rings (SSSR count). The van der Waals surface area contributed by atoms with Crippen LogP contribution in [0.25, 0.3) is 11.3 Å². The highest BCUT2D eigenvalue weighted by molar-refractivity contribution is 8.00. The van der Waals surface area contributed by atoms with Gasteiger partial charge in [-0.2, -0.15) is 0 Å². The van der Waals surface area contributed by atoms with E-state index in [0.29, 0.717) is 21.5 Å². The molecule has 37 heavy (non-hydrogen) atoms. The Hall–Kier alpha value is -3.92. The van der Waals surface area contributed by atoms with Gasteiger partial charge in [0.25, 0.3) is 0 Å².